The van der Waals surface area contributed by atoms with Gasteiger partial charge in [-0.2, -0.15) is 0 Å². The summed E-state index contributed by atoms with van der Waals surface area (Å²) < 4.78 is 5.00. The maximum Gasteiger partial charge on any atom is 0.325 e. The SMILES string of the molecule is O=C(CNC(=O)c1ccc(-c2ccccc2)cc1)OCC(=O)c1ccc(NC(=O)c2ccccc2)cc1. The van der Waals surface area contributed by atoms with Gasteiger partial charge in [-0.25, -0.2) is 0 Å². The third-order valence-electron chi connectivity index (χ3n) is 5.51. The Morgan fingerprint density at radius 3 is 1.76 bits per heavy atom. The van der Waals surface area contributed by atoms with Crippen LogP contribution in [0.3, 0.4) is 0 Å². The normalized spacial score (nSPS) is 10.3. The van der Waals surface area contributed by atoms with E-state index in [-0.39, 0.29) is 12.5 Å². The van der Waals surface area contributed by atoms with Crippen molar-refractivity contribution in [2.45, 2.75) is 0 Å². The van der Waals surface area contributed by atoms with Gasteiger partial charge in [0.15, 0.2) is 12.4 Å². The van der Waals surface area contributed by atoms with Crippen LogP contribution in [0.15, 0.2) is 109 Å². The average molecular weight is 493 g/mol. The van der Waals surface area contributed by atoms with Crippen LogP contribution in [0.5, 0.6) is 0 Å². The number of Topliss-reactive ketones (excluding diaryl/α,β-unsaturated/α-hetero) is 1. The highest BCUT2D eigenvalue weighted by atomic mass is 16.5. The Bertz CT molecular complexity index is 1380. The summed E-state index contributed by atoms with van der Waals surface area (Å²) in [6, 6.07) is 31.8. The summed E-state index contributed by atoms with van der Waals surface area (Å²) in [7, 11) is 0. The molecule has 0 saturated carbocycles. The smallest absolute Gasteiger partial charge is 0.325 e. The van der Waals surface area contributed by atoms with E-state index in [1.807, 2.05) is 48.5 Å². The van der Waals surface area contributed by atoms with E-state index in [0.717, 1.165) is 11.1 Å². The van der Waals surface area contributed by atoms with Crippen molar-refractivity contribution in [1.29, 1.82) is 0 Å². The molecule has 0 spiro atoms. The summed E-state index contributed by atoms with van der Waals surface area (Å²) in [6.07, 6.45) is 0. The molecule has 0 atom stereocenters. The van der Waals surface area contributed by atoms with Gasteiger partial charge in [-0.1, -0.05) is 60.7 Å². The predicted octanol–water partition coefficient (Wildman–Crippen LogP) is 4.76. The second-order valence-corrected chi connectivity index (χ2v) is 8.11. The Balaban J connectivity index is 1.21. The summed E-state index contributed by atoms with van der Waals surface area (Å²) in [4.78, 5) is 48.9. The third-order valence-corrected chi connectivity index (χ3v) is 5.51. The van der Waals surface area contributed by atoms with Crippen molar-refractivity contribution in [2.75, 3.05) is 18.5 Å². The van der Waals surface area contributed by atoms with Gasteiger partial charge in [-0.15, -0.1) is 0 Å². The maximum absolute atomic E-state index is 12.4. The van der Waals surface area contributed by atoms with Gasteiger partial charge >= 0.3 is 5.97 Å². The fourth-order valence-corrected chi connectivity index (χ4v) is 3.51. The molecular formula is C30H24N2O5. The molecule has 0 unspecified atom stereocenters. The highest BCUT2D eigenvalue weighted by Crippen LogP contribution is 2.19. The molecule has 4 aromatic carbocycles. The topological polar surface area (TPSA) is 102 Å². The molecule has 0 bridgehead atoms. The maximum atomic E-state index is 12.4. The van der Waals surface area contributed by atoms with E-state index < -0.39 is 24.3 Å². The molecule has 0 saturated heterocycles. The summed E-state index contributed by atoms with van der Waals surface area (Å²) in [5, 5.41) is 5.25. The van der Waals surface area contributed by atoms with E-state index in [1.54, 1.807) is 48.5 Å². The molecule has 0 radical (unpaired) electrons. The molecule has 0 aliphatic rings. The van der Waals surface area contributed by atoms with E-state index in [1.165, 1.54) is 12.1 Å². The largest absolute Gasteiger partial charge is 0.456 e. The second kappa shape index (κ2) is 12.1. The lowest BCUT2D eigenvalue weighted by Gasteiger charge is -2.08. The van der Waals surface area contributed by atoms with Gasteiger partial charge < -0.3 is 15.4 Å². The standard InChI is InChI=1S/C30H24N2O5/c33-27(23-15-17-26(18-16-23)32-30(36)24-9-5-2-6-10-24)20-37-28(34)19-31-29(35)25-13-11-22(12-14-25)21-7-3-1-4-8-21/h1-18H,19-20H2,(H,31,35)(H,32,36). The number of nitrogens with one attached hydrogen (secondary N) is 2. The molecule has 0 heterocycles. The van der Waals surface area contributed by atoms with Gasteiger partial charge in [-0.05, 0) is 59.7 Å². The molecule has 184 valence electrons. The lowest BCUT2D eigenvalue weighted by molar-refractivity contribution is -0.141. The molecule has 7 heteroatoms. The van der Waals surface area contributed by atoms with Crippen molar-refractivity contribution >= 4 is 29.3 Å². The number of ketones is 1. The first-order valence-electron chi connectivity index (χ1n) is 11.6. The van der Waals surface area contributed by atoms with Crippen LogP contribution in [0, 0.1) is 0 Å². The number of benzene rings is 4. The Morgan fingerprint density at radius 2 is 1.11 bits per heavy atom. The third kappa shape index (κ3) is 6.99. The zero-order chi connectivity index (χ0) is 26.0. The molecule has 2 N–H and O–H groups in total. The van der Waals surface area contributed by atoms with Crippen molar-refractivity contribution in [1.82, 2.24) is 5.32 Å². The van der Waals surface area contributed by atoms with Crippen LogP contribution in [0.1, 0.15) is 31.1 Å². The fraction of sp³-hybridized carbons (Fsp3) is 0.0667. The molecule has 4 rings (SSSR count). The van der Waals surface area contributed by atoms with Crippen molar-refractivity contribution < 1.29 is 23.9 Å². The number of ether oxygens (including phenoxy) is 1. The zero-order valence-electron chi connectivity index (χ0n) is 19.8. The van der Waals surface area contributed by atoms with Crippen molar-refractivity contribution in [2.24, 2.45) is 0 Å². The Labute approximate surface area is 214 Å². The molecular weight excluding hydrogens is 468 g/mol. The van der Waals surface area contributed by atoms with E-state index in [0.29, 0.717) is 22.4 Å². The lowest BCUT2D eigenvalue weighted by atomic mass is 10.0. The molecule has 7 nitrogen and oxygen atoms in total. The average Bonchev–Trinajstić information content (AvgIpc) is 2.96. The summed E-state index contributed by atoms with van der Waals surface area (Å²) in [5.74, 6) is -1.81. The first-order chi connectivity index (χ1) is 18.0. The monoisotopic (exact) mass is 492 g/mol. The molecule has 0 aromatic heterocycles. The van der Waals surface area contributed by atoms with Crippen molar-refractivity contribution in [3.63, 3.8) is 0 Å². The quantitative estimate of drug-likeness (QED) is 0.259. The number of esters is 1. The van der Waals surface area contributed by atoms with Crippen LogP contribution in [0.2, 0.25) is 0 Å². The van der Waals surface area contributed by atoms with Gasteiger partial charge in [0.25, 0.3) is 11.8 Å². The molecule has 37 heavy (non-hydrogen) atoms. The minimum Gasteiger partial charge on any atom is -0.456 e. The summed E-state index contributed by atoms with van der Waals surface area (Å²) in [5.41, 5.74) is 3.79. The van der Waals surface area contributed by atoms with Crippen LogP contribution >= 0.6 is 0 Å². The van der Waals surface area contributed by atoms with E-state index in [2.05, 4.69) is 10.6 Å². The minimum absolute atomic E-state index is 0.261. The van der Waals surface area contributed by atoms with E-state index in [9.17, 15) is 19.2 Å². The van der Waals surface area contributed by atoms with Crippen LogP contribution < -0.4 is 10.6 Å². The van der Waals surface area contributed by atoms with Crippen LogP contribution in [0.4, 0.5) is 5.69 Å². The predicted molar refractivity (Wildman–Crippen MR) is 140 cm³/mol. The number of carbonyl (C=O) groups is 4. The zero-order valence-corrected chi connectivity index (χ0v) is 19.8. The summed E-state index contributed by atoms with van der Waals surface area (Å²) >= 11 is 0. The van der Waals surface area contributed by atoms with Gasteiger partial charge in [0.2, 0.25) is 0 Å². The highest BCUT2D eigenvalue weighted by Gasteiger charge is 2.13. The lowest BCUT2D eigenvalue weighted by Crippen LogP contribution is -2.31. The Morgan fingerprint density at radius 1 is 0.568 bits per heavy atom. The second-order valence-electron chi connectivity index (χ2n) is 8.11. The fourth-order valence-electron chi connectivity index (χ4n) is 3.51. The molecule has 0 aliphatic heterocycles. The number of carbonyl (C=O) groups excluding carboxylic acids is 4. The molecule has 4 aromatic rings. The van der Waals surface area contributed by atoms with Gasteiger partial charge in [0.05, 0.1) is 0 Å². The first-order valence-corrected chi connectivity index (χ1v) is 11.6. The highest BCUT2D eigenvalue weighted by molar-refractivity contribution is 6.05. The summed E-state index contributed by atoms with van der Waals surface area (Å²) in [6.45, 7) is -0.826. The Hall–Kier alpha value is -5.04. The minimum atomic E-state index is -0.727. The first kappa shape index (κ1) is 25.1. The van der Waals surface area contributed by atoms with Crippen LogP contribution in [-0.4, -0.2) is 36.7 Å². The number of hydrogen-bond donors (Lipinski definition) is 2. The molecule has 2 amide bonds. The van der Waals surface area contributed by atoms with Crippen LogP contribution in [0.25, 0.3) is 11.1 Å². The van der Waals surface area contributed by atoms with Gasteiger partial charge in [0, 0.05) is 22.4 Å². The number of hydrogen-bond acceptors (Lipinski definition) is 5. The van der Waals surface area contributed by atoms with Crippen molar-refractivity contribution in [3.05, 3.63) is 126 Å². The number of rotatable bonds is 9. The Kier molecular flexibility index (Phi) is 8.18. The van der Waals surface area contributed by atoms with Gasteiger partial charge in [-0.3, -0.25) is 19.2 Å². The van der Waals surface area contributed by atoms with Gasteiger partial charge in [0.1, 0.15) is 6.54 Å². The van der Waals surface area contributed by atoms with E-state index >= 15 is 0 Å². The number of anilines is 1. The molecule has 0 fully saturated rings. The van der Waals surface area contributed by atoms with Crippen LogP contribution in [-0.2, 0) is 9.53 Å². The van der Waals surface area contributed by atoms with Crippen molar-refractivity contribution in [3.8, 4) is 11.1 Å². The molecule has 0 aliphatic carbocycles. The number of amides is 2. The van der Waals surface area contributed by atoms with E-state index in [4.69, 9.17) is 4.74 Å².